The highest BCUT2D eigenvalue weighted by molar-refractivity contribution is 6.74. The number of rotatable bonds is 8. The zero-order valence-corrected chi connectivity index (χ0v) is 20.6. The van der Waals surface area contributed by atoms with E-state index in [-0.39, 0.29) is 17.6 Å². The average Bonchev–Trinajstić information content (AvgIpc) is 2.61. The van der Waals surface area contributed by atoms with Crippen molar-refractivity contribution in [2.45, 2.75) is 72.4 Å². The molecular weight excluding hydrogens is 388 g/mol. The lowest BCUT2D eigenvalue weighted by atomic mass is 9.97. The van der Waals surface area contributed by atoms with Gasteiger partial charge in [-0.3, -0.25) is 4.79 Å². The highest BCUT2D eigenvalue weighted by atomic mass is 28.4. The first kappa shape index (κ1) is 25.5. The Kier molecular flexibility index (Phi) is 8.33. The Bertz CT molecular complexity index is 700. The fourth-order valence-corrected chi connectivity index (χ4v) is 3.32. The Hall–Kier alpha value is -1.57. The van der Waals surface area contributed by atoms with Crippen LogP contribution in [-0.2, 0) is 20.6 Å². The molecule has 7 heteroatoms. The topological polar surface area (TPSA) is 74.2 Å². The molecule has 0 amide bonds. The molecule has 0 unspecified atom stereocenters. The molecule has 1 N–H and O–H groups in total. The van der Waals surface area contributed by atoms with E-state index in [1.165, 1.54) is 7.11 Å². The smallest absolute Gasteiger partial charge is 0.311 e. The Morgan fingerprint density at radius 2 is 1.66 bits per heavy atom. The third-order valence-corrected chi connectivity index (χ3v) is 9.85. The maximum atomic E-state index is 12.1. The summed E-state index contributed by atoms with van der Waals surface area (Å²) in [6.45, 7) is 16.3. The summed E-state index contributed by atoms with van der Waals surface area (Å²) in [7, 11) is 1.10. The number of hydrogen-bond acceptors (Lipinski definition) is 6. The fourth-order valence-electron chi connectivity index (χ4n) is 2.37. The van der Waals surface area contributed by atoms with Crippen LogP contribution in [0.5, 0.6) is 11.5 Å². The molecule has 166 valence electrons. The van der Waals surface area contributed by atoms with Crippen LogP contribution in [0.15, 0.2) is 12.1 Å². The quantitative estimate of drug-likeness (QED) is 0.473. The summed E-state index contributed by atoms with van der Waals surface area (Å²) in [6.07, 6.45) is -1.04. The van der Waals surface area contributed by atoms with E-state index in [4.69, 9.17) is 18.6 Å². The van der Waals surface area contributed by atoms with E-state index in [9.17, 15) is 9.90 Å². The van der Waals surface area contributed by atoms with Crippen molar-refractivity contribution < 1.29 is 28.5 Å². The molecule has 0 heterocycles. The Morgan fingerprint density at radius 1 is 1.07 bits per heavy atom. The minimum Gasteiger partial charge on any atom is -0.497 e. The second-order valence-electron chi connectivity index (χ2n) is 9.82. The lowest BCUT2D eigenvalue weighted by Gasteiger charge is -2.36. The van der Waals surface area contributed by atoms with Crippen molar-refractivity contribution >= 4 is 14.3 Å². The van der Waals surface area contributed by atoms with Crippen molar-refractivity contribution in [1.29, 1.82) is 0 Å². The first-order valence-corrected chi connectivity index (χ1v) is 12.8. The van der Waals surface area contributed by atoms with Gasteiger partial charge in [0.25, 0.3) is 0 Å². The predicted octanol–water partition coefficient (Wildman–Crippen LogP) is 4.85. The Labute approximate surface area is 176 Å². The van der Waals surface area contributed by atoms with Crippen LogP contribution in [0.2, 0.25) is 18.1 Å². The highest BCUT2D eigenvalue weighted by Gasteiger charge is 2.37. The summed E-state index contributed by atoms with van der Waals surface area (Å²) in [5.41, 5.74) is 0.664. The number of aliphatic hydroxyl groups excluding tert-OH is 1. The average molecular weight is 427 g/mol. The number of ether oxygens (including phenoxy) is 3. The van der Waals surface area contributed by atoms with E-state index in [2.05, 4.69) is 33.9 Å². The van der Waals surface area contributed by atoms with Gasteiger partial charge in [-0.05, 0) is 50.5 Å². The summed E-state index contributed by atoms with van der Waals surface area (Å²) in [5, 5.41) is 10.9. The van der Waals surface area contributed by atoms with Crippen molar-refractivity contribution in [1.82, 2.24) is 0 Å². The van der Waals surface area contributed by atoms with Gasteiger partial charge >= 0.3 is 5.97 Å². The third-order valence-electron chi connectivity index (χ3n) is 5.37. The van der Waals surface area contributed by atoms with Crippen LogP contribution in [0.3, 0.4) is 0 Å². The van der Waals surface area contributed by atoms with Crippen molar-refractivity contribution in [3.8, 4) is 11.5 Å². The Morgan fingerprint density at radius 3 is 2.10 bits per heavy atom. The number of benzene rings is 1. The number of carbonyl (C=O) groups excluding carboxylic acids is 1. The van der Waals surface area contributed by atoms with Gasteiger partial charge in [-0.2, -0.15) is 0 Å². The monoisotopic (exact) mass is 426 g/mol. The minimum atomic E-state index is -2.01. The summed E-state index contributed by atoms with van der Waals surface area (Å²) in [4.78, 5) is 12.1. The fraction of sp³-hybridized carbons (Fsp3) is 0.682. The van der Waals surface area contributed by atoms with Crippen molar-refractivity contribution in [2.75, 3.05) is 20.8 Å². The molecule has 0 aliphatic heterocycles. The first-order valence-electron chi connectivity index (χ1n) is 9.88. The standard InChI is InChI=1S/C22H38O6Si/c1-21(2,3)20(24)27-14-17(23)19-15(11-16(25-7)12-18(19)26-8)13-28-29(9,10)22(4,5)6/h11-12,17,23H,13-14H2,1-10H3/t17-/m0/s1. The molecule has 6 nitrogen and oxygen atoms in total. The number of esters is 1. The molecule has 0 saturated carbocycles. The molecule has 0 aliphatic rings. The van der Waals surface area contributed by atoms with Gasteiger partial charge < -0.3 is 23.7 Å². The summed E-state index contributed by atoms with van der Waals surface area (Å²) < 4.78 is 22.6. The molecule has 0 fully saturated rings. The lowest BCUT2D eigenvalue weighted by molar-refractivity contribution is -0.156. The van der Waals surface area contributed by atoms with Crippen LogP contribution in [0.1, 0.15) is 58.8 Å². The minimum absolute atomic E-state index is 0.0526. The maximum absolute atomic E-state index is 12.1. The van der Waals surface area contributed by atoms with Gasteiger partial charge in [0.1, 0.15) is 24.2 Å². The second kappa shape index (κ2) is 9.49. The Balaban J connectivity index is 3.21. The lowest BCUT2D eigenvalue weighted by Crippen LogP contribution is -2.40. The zero-order valence-electron chi connectivity index (χ0n) is 19.6. The molecule has 0 bridgehead atoms. The maximum Gasteiger partial charge on any atom is 0.311 e. The molecule has 1 aromatic carbocycles. The van der Waals surface area contributed by atoms with Crippen molar-refractivity contribution in [3.63, 3.8) is 0 Å². The van der Waals surface area contributed by atoms with Crippen LogP contribution in [-0.4, -0.2) is 40.2 Å². The third kappa shape index (κ3) is 6.72. The molecule has 0 saturated heterocycles. The number of methoxy groups -OCH3 is 2. The normalized spacial score (nSPS) is 13.8. The van der Waals surface area contributed by atoms with Gasteiger partial charge in [0, 0.05) is 11.6 Å². The predicted molar refractivity (Wildman–Crippen MR) is 117 cm³/mol. The summed E-state index contributed by atoms with van der Waals surface area (Å²) in [6, 6.07) is 3.54. The largest absolute Gasteiger partial charge is 0.497 e. The van der Waals surface area contributed by atoms with Gasteiger partial charge in [-0.15, -0.1) is 0 Å². The molecule has 0 aliphatic carbocycles. The molecular formula is C22H38O6Si. The second-order valence-corrected chi connectivity index (χ2v) is 14.6. The highest BCUT2D eigenvalue weighted by Crippen LogP contribution is 2.39. The van der Waals surface area contributed by atoms with E-state index in [1.807, 2.05) is 6.07 Å². The van der Waals surface area contributed by atoms with E-state index in [1.54, 1.807) is 33.9 Å². The van der Waals surface area contributed by atoms with E-state index in [0.717, 1.165) is 5.56 Å². The van der Waals surface area contributed by atoms with Crippen LogP contribution in [0.25, 0.3) is 0 Å². The van der Waals surface area contributed by atoms with Crippen molar-refractivity contribution in [2.24, 2.45) is 5.41 Å². The number of carbonyl (C=O) groups is 1. The number of hydrogen-bond donors (Lipinski definition) is 1. The van der Waals surface area contributed by atoms with Gasteiger partial charge in [-0.25, -0.2) is 0 Å². The van der Waals surface area contributed by atoms with E-state index >= 15 is 0 Å². The first-order chi connectivity index (χ1) is 13.1. The SMILES string of the molecule is COc1cc(CO[Si](C)(C)C(C)(C)C)c([C@@H](O)COC(=O)C(C)(C)C)c(OC)c1. The molecule has 1 aromatic rings. The molecule has 0 radical (unpaired) electrons. The molecule has 29 heavy (non-hydrogen) atoms. The van der Waals surface area contributed by atoms with Gasteiger partial charge in [-0.1, -0.05) is 20.8 Å². The van der Waals surface area contributed by atoms with Crippen LogP contribution >= 0.6 is 0 Å². The molecule has 1 rings (SSSR count). The van der Waals surface area contributed by atoms with Crippen LogP contribution < -0.4 is 9.47 Å². The van der Waals surface area contributed by atoms with E-state index < -0.39 is 19.8 Å². The van der Waals surface area contributed by atoms with Gasteiger partial charge in [0.05, 0.1) is 26.2 Å². The number of aliphatic hydroxyl groups is 1. The molecule has 0 aromatic heterocycles. The summed E-state index contributed by atoms with van der Waals surface area (Å²) in [5.74, 6) is 0.707. The zero-order chi connectivity index (χ0) is 22.6. The van der Waals surface area contributed by atoms with Gasteiger partial charge in [0.2, 0.25) is 0 Å². The van der Waals surface area contributed by atoms with Crippen molar-refractivity contribution in [3.05, 3.63) is 23.3 Å². The van der Waals surface area contributed by atoms with Gasteiger partial charge in [0.15, 0.2) is 8.32 Å². The van der Waals surface area contributed by atoms with E-state index in [0.29, 0.717) is 23.7 Å². The molecule has 1 atom stereocenters. The summed E-state index contributed by atoms with van der Waals surface area (Å²) >= 11 is 0. The van der Waals surface area contributed by atoms with Crippen LogP contribution in [0.4, 0.5) is 0 Å². The molecule has 0 spiro atoms. The van der Waals surface area contributed by atoms with Crippen LogP contribution in [0, 0.1) is 5.41 Å².